The number of nitrogens with zero attached hydrogens (tertiary/aromatic N) is 5. The second-order valence-corrected chi connectivity index (χ2v) is 5.76. The number of aliphatic hydroxyl groups excluding tert-OH is 1. The maximum atomic E-state index is 9.46. The third-order valence-corrected chi connectivity index (χ3v) is 3.72. The maximum Gasteiger partial charge on any atom is 0.226 e. The number of aliphatic hydroxyl groups is 1. The quantitative estimate of drug-likeness (QED) is 0.472. The van der Waals surface area contributed by atoms with Gasteiger partial charge in [0.2, 0.25) is 5.95 Å². The van der Waals surface area contributed by atoms with Crippen molar-refractivity contribution in [3.8, 4) is 0 Å². The third kappa shape index (κ3) is 3.77. The van der Waals surface area contributed by atoms with Crippen LogP contribution >= 0.6 is 0 Å². The molecule has 9 heteroatoms. The minimum atomic E-state index is -0.506. The number of hydrogen-bond acceptors (Lipinski definition) is 8. The first kappa shape index (κ1) is 16.9. The highest BCUT2D eigenvalue weighted by Gasteiger charge is 2.14. The standard InChI is InChI=1S/C16H22N8O/c1-3-24-15-13(22-23-24)14(20-16(21-15)19-8-10(2)25)18-9-11-6-4-5-7-12(11)17/h4-7,10,25H,3,8-9,17H2,1-2H3,(H2,18,19,20,21). The number of para-hydroxylation sites is 1. The van der Waals surface area contributed by atoms with E-state index in [1.54, 1.807) is 11.6 Å². The molecule has 3 rings (SSSR count). The van der Waals surface area contributed by atoms with Gasteiger partial charge in [0.1, 0.15) is 0 Å². The zero-order chi connectivity index (χ0) is 17.8. The molecule has 0 aliphatic heterocycles. The normalized spacial score (nSPS) is 12.3. The van der Waals surface area contributed by atoms with Crippen molar-refractivity contribution in [3.05, 3.63) is 29.8 Å². The predicted molar refractivity (Wildman–Crippen MR) is 97.1 cm³/mol. The average molecular weight is 342 g/mol. The highest BCUT2D eigenvalue weighted by atomic mass is 16.3. The van der Waals surface area contributed by atoms with Crippen LogP contribution in [0.4, 0.5) is 17.5 Å². The van der Waals surface area contributed by atoms with Crippen molar-refractivity contribution in [2.75, 3.05) is 22.9 Å². The van der Waals surface area contributed by atoms with Crippen LogP contribution in [0, 0.1) is 0 Å². The molecule has 1 aromatic carbocycles. The van der Waals surface area contributed by atoms with Crippen molar-refractivity contribution in [3.63, 3.8) is 0 Å². The van der Waals surface area contributed by atoms with Crippen LogP contribution in [-0.4, -0.2) is 42.7 Å². The topological polar surface area (TPSA) is 127 Å². The third-order valence-electron chi connectivity index (χ3n) is 3.72. The zero-order valence-electron chi connectivity index (χ0n) is 14.3. The van der Waals surface area contributed by atoms with E-state index in [9.17, 15) is 5.11 Å². The van der Waals surface area contributed by atoms with Crippen molar-refractivity contribution in [2.45, 2.75) is 33.0 Å². The number of nitrogens with two attached hydrogens (primary N) is 1. The Morgan fingerprint density at radius 2 is 2.04 bits per heavy atom. The molecule has 0 aliphatic rings. The van der Waals surface area contributed by atoms with Gasteiger partial charge >= 0.3 is 0 Å². The average Bonchev–Trinajstić information content (AvgIpc) is 3.02. The molecule has 0 bridgehead atoms. The van der Waals surface area contributed by atoms with Gasteiger partial charge in [-0.3, -0.25) is 0 Å². The summed E-state index contributed by atoms with van der Waals surface area (Å²) in [6.07, 6.45) is -0.506. The van der Waals surface area contributed by atoms with Gasteiger partial charge in [0.15, 0.2) is 17.0 Å². The van der Waals surface area contributed by atoms with Gasteiger partial charge in [-0.25, -0.2) is 4.68 Å². The molecule has 0 spiro atoms. The molecule has 0 saturated heterocycles. The molecule has 3 aromatic rings. The van der Waals surface area contributed by atoms with Crippen molar-refractivity contribution < 1.29 is 5.11 Å². The largest absolute Gasteiger partial charge is 0.398 e. The lowest BCUT2D eigenvalue weighted by Crippen LogP contribution is -2.17. The lowest BCUT2D eigenvalue weighted by atomic mass is 10.2. The molecule has 2 heterocycles. The second-order valence-electron chi connectivity index (χ2n) is 5.76. The van der Waals surface area contributed by atoms with E-state index in [0.29, 0.717) is 48.3 Å². The van der Waals surface area contributed by atoms with E-state index in [2.05, 4.69) is 30.9 Å². The Bertz CT molecular complexity index is 860. The Morgan fingerprint density at radius 1 is 1.24 bits per heavy atom. The van der Waals surface area contributed by atoms with Crippen LogP contribution < -0.4 is 16.4 Å². The summed E-state index contributed by atoms with van der Waals surface area (Å²) in [5, 5.41) is 24.0. The number of anilines is 3. The molecule has 9 nitrogen and oxygen atoms in total. The molecule has 0 amide bonds. The van der Waals surface area contributed by atoms with E-state index < -0.39 is 6.10 Å². The van der Waals surface area contributed by atoms with Crippen LogP contribution in [0.25, 0.3) is 11.2 Å². The van der Waals surface area contributed by atoms with E-state index in [1.165, 1.54) is 0 Å². The van der Waals surface area contributed by atoms with Crippen LogP contribution in [-0.2, 0) is 13.1 Å². The summed E-state index contributed by atoms with van der Waals surface area (Å²) < 4.78 is 1.70. The van der Waals surface area contributed by atoms with E-state index in [-0.39, 0.29) is 0 Å². The Hall–Kier alpha value is -2.94. The molecular weight excluding hydrogens is 320 g/mol. The summed E-state index contributed by atoms with van der Waals surface area (Å²) in [7, 11) is 0. The van der Waals surface area contributed by atoms with Gasteiger partial charge in [-0.05, 0) is 25.5 Å². The molecule has 0 radical (unpaired) electrons. The monoisotopic (exact) mass is 342 g/mol. The smallest absolute Gasteiger partial charge is 0.226 e. The van der Waals surface area contributed by atoms with E-state index >= 15 is 0 Å². The lowest BCUT2D eigenvalue weighted by molar-refractivity contribution is 0.208. The van der Waals surface area contributed by atoms with Gasteiger partial charge in [-0.15, -0.1) is 5.10 Å². The van der Waals surface area contributed by atoms with Crippen molar-refractivity contribution in [2.24, 2.45) is 0 Å². The SMILES string of the molecule is CCn1nnc2c(NCc3ccccc3N)nc(NCC(C)O)nc21. The Kier molecular flexibility index (Phi) is 4.94. The number of nitrogens with one attached hydrogen (secondary N) is 2. The Morgan fingerprint density at radius 3 is 2.76 bits per heavy atom. The number of fused-ring (bicyclic) bond motifs is 1. The van der Waals surface area contributed by atoms with Gasteiger partial charge in [0, 0.05) is 25.3 Å². The second kappa shape index (κ2) is 7.31. The molecule has 0 fully saturated rings. The van der Waals surface area contributed by atoms with Crippen LogP contribution in [0.15, 0.2) is 24.3 Å². The van der Waals surface area contributed by atoms with Crippen molar-refractivity contribution in [1.29, 1.82) is 0 Å². The van der Waals surface area contributed by atoms with Gasteiger partial charge in [0.05, 0.1) is 6.10 Å². The molecule has 25 heavy (non-hydrogen) atoms. The highest BCUT2D eigenvalue weighted by Crippen LogP contribution is 2.21. The summed E-state index contributed by atoms with van der Waals surface area (Å²) >= 11 is 0. The Labute approximate surface area is 145 Å². The number of nitrogen functional groups attached to an aromatic ring is 1. The fourth-order valence-corrected chi connectivity index (χ4v) is 2.38. The van der Waals surface area contributed by atoms with E-state index in [0.717, 1.165) is 5.56 Å². The minimum Gasteiger partial charge on any atom is -0.398 e. The van der Waals surface area contributed by atoms with Crippen LogP contribution in [0.2, 0.25) is 0 Å². The number of benzene rings is 1. The van der Waals surface area contributed by atoms with Crippen LogP contribution in [0.5, 0.6) is 0 Å². The first-order valence-electron chi connectivity index (χ1n) is 8.19. The predicted octanol–water partition coefficient (Wildman–Crippen LogP) is 1.23. The summed E-state index contributed by atoms with van der Waals surface area (Å²) in [5.41, 5.74) is 8.90. The van der Waals surface area contributed by atoms with Gasteiger partial charge in [-0.1, -0.05) is 23.4 Å². The molecule has 2 aromatic heterocycles. The first-order valence-corrected chi connectivity index (χ1v) is 8.19. The molecule has 1 unspecified atom stereocenters. The van der Waals surface area contributed by atoms with Crippen molar-refractivity contribution >= 4 is 28.6 Å². The van der Waals surface area contributed by atoms with Gasteiger partial charge < -0.3 is 21.5 Å². The summed E-state index contributed by atoms with van der Waals surface area (Å²) in [4.78, 5) is 8.92. The number of hydrogen-bond donors (Lipinski definition) is 4. The number of aryl methyl sites for hydroxylation is 1. The molecule has 132 valence electrons. The maximum absolute atomic E-state index is 9.46. The molecule has 1 atom stereocenters. The zero-order valence-corrected chi connectivity index (χ0v) is 14.3. The van der Waals surface area contributed by atoms with Crippen LogP contribution in [0.1, 0.15) is 19.4 Å². The van der Waals surface area contributed by atoms with Crippen molar-refractivity contribution in [1.82, 2.24) is 25.0 Å². The first-order chi connectivity index (χ1) is 12.1. The fraction of sp³-hybridized carbons (Fsp3) is 0.375. The Balaban J connectivity index is 1.91. The fourth-order valence-electron chi connectivity index (χ4n) is 2.38. The molecule has 5 N–H and O–H groups in total. The van der Waals surface area contributed by atoms with E-state index in [1.807, 2.05) is 31.2 Å². The minimum absolute atomic E-state index is 0.351. The molecule has 0 saturated carbocycles. The summed E-state index contributed by atoms with van der Waals surface area (Å²) in [6, 6.07) is 7.64. The highest BCUT2D eigenvalue weighted by molar-refractivity contribution is 5.83. The number of aromatic nitrogens is 5. The lowest BCUT2D eigenvalue weighted by Gasteiger charge is -2.11. The molecular formula is C16H22N8O. The van der Waals surface area contributed by atoms with E-state index in [4.69, 9.17) is 5.73 Å². The van der Waals surface area contributed by atoms with Gasteiger partial charge in [-0.2, -0.15) is 9.97 Å². The molecule has 0 aliphatic carbocycles. The van der Waals surface area contributed by atoms with Gasteiger partial charge in [0.25, 0.3) is 0 Å². The van der Waals surface area contributed by atoms with Crippen LogP contribution in [0.3, 0.4) is 0 Å². The summed E-state index contributed by atoms with van der Waals surface area (Å²) in [6.45, 7) is 5.17. The number of rotatable bonds is 7. The summed E-state index contributed by atoms with van der Waals surface area (Å²) in [5.74, 6) is 0.981.